The summed E-state index contributed by atoms with van der Waals surface area (Å²) in [4.78, 5) is 37.7. The van der Waals surface area contributed by atoms with Gasteiger partial charge in [0, 0.05) is 24.8 Å². The molecule has 0 spiro atoms. The summed E-state index contributed by atoms with van der Waals surface area (Å²) in [6.45, 7) is 0.206. The van der Waals surface area contributed by atoms with Crippen molar-refractivity contribution in [1.82, 2.24) is 9.88 Å². The van der Waals surface area contributed by atoms with Crippen LogP contribution in [0.2, 0.25) is 0 Å². The van der Waals surface area contributed by atoms with Crippen molar-refractivity contribution in [2.75, 3.05) is 6.54 Å². The van der Waals surface area contributed by atoms with E-state index in [1.165, 1.54) is 18.3 Å². The number of carboxylic acids is 1. The minimum Gasteiger partial charge on any atom is -0.481 e. The highest BCUT2D eigenvalue weighted by Crippen LogP contribution is 2.28. The van der Waals surface area contributed by atoms with Gasteiger partial charge < -0.3 is 15.0 Å². The molecule has 1 heterocycles. The van der Waals surface area contributed by atoms with Crippen molar-refractivity contribution in [2.45, 2.75) is 25.3 Å². The fraction of sp³-hybridized carbons (Fsp3) is 0.417. The Hall–Kier alpha value is -2.11. The molecule has 1 amide bonds. The van der Waals surface area contributed by atoms with E-state index in [0.29, 0.717) is 5.56 Å². The molecule has 2 rings (SSSR count). The Morgan fingerprint density at radius 2 is 2.11 bits per heavy atom. The number of amides is 1. The number of carbonyl (C=O) groups excluding carboxylic acids is 1. The molecule has 0 radical (unpaired) electrons. The lowest BCUT2D eigenvalue weighted by molar-refractivity contribution is -0.137. The molecule has 0 aromatic carbocycles. The summed E-state index contributed by atoms with van der Waals surface area (Å²) in [6.07, 6.45) is 3.12. The van der Waals surface area contributed by atoms with Gasteiger partial charge in [-0.15, -0.1) is 0 Å². The molecule has 6 nitrogen and oxygen atoms in total. The summed E-state index contributed by atoms with van der Waals surface area (Å²) in [5, 5.41) is 8.67. The molecule has 0 bridgehead atoms. The number of hydrogen-bond acceptors (Lipinski definition) is 3. The van der Waals surface area contributed by atoms with Gasteiger partial charge in [0.25, 0.3) is 5.91 Å². The molecular weight excluding hydrogens is 236 g/mol. The van der Waals surface area contributed by atoms with Gasteiger partial charge in [0.1, 0.15) is 0 Å². The molecule has 1 saturated carbocycles. The van der Waals surface area contributed by atoms with Crippen molar-refractivity contribution < 1.29 is 14.7 Å². The maximum Gasteiger partial charge on any atom is 0.305 e. The Balaban J connectivity index is 2.10. The average molecular weight is 250 g/mol. The van der Waals surface area contributed by atoms with E-state index in [1.807, 2.05) is 0 Å². The smallest absolute Gasteiger partial charge is 0.305 e. The molecule has 0 aliphatic heterocycles. The Kier molecular flexibility index (Phi) is 3.45. The minimum absolute atomic E-state index is 0.0639. The number of pyridine rings is 1. The van der Waals surface area contributed by atoms with Crippen LogP contribution >= 0.6 is 0 Å². The Bertz CT molecular complexity index is 499. The third-order valence-corrected chi connectivity index (χ3v) is 2.85. The van der Waals surface area contributed by atoms with Crippen LogP contribution < -0.4 is 5.56 Å². The summed E-state index contributed by atoms with van der Waals surface area (Å²) in [7, 11) is 0. The number of aromatic amines is 1. The number of rotatable bonds is 5. The van der Waals surface area contributed by atoms with Crippen molar-refractivity contribution in [2.24, 2.45) is 0 Å². The zero-order valence-corrected chi connectivity index (χ0v) is 9.76. The topological polar surface area (TPSA) is 90.5 Å². The number of aliphatic carboxylic acids is 1. The normalized spacial score (nSPS) is 14.2. The largest absolute Gasteiger partial charge is 0.481 e. The number of hydrogen-bond donors (Lipinski definition) is 2. The minimum atomic E-state index is -0.921. The molecule has 96 valence electrons. The zero-order valence-electron chi connectivity index (χ0n) is 9.76. The summed E-state index contributed by atoms with van der Waals surface area (Å²) in [5.41, 5.74) is 0.113. The van der Waals surface area contributed by atoms with Crippen LogP contribution in [0.5, 0.6) is 0 Å². The first-order valence-electron chi connectivity index (χ1n) is 5.79. The van der Waals surface area contributed by atoms with Crippen molar-refractivity contribution >= 4 is 11.9 Å². The summed E-state index contributed by atoms with van der Waals surface area (Å²) in [5.74, 6) is -1.15. The van der Waals surface area contributed by atoms with E-state index in [-0.39, 0.29) is 30.5 Å². The van der Waals surface area contributed by atoms with Gasteiger partial charge in [-0.05, 0) is 18.9 Å². The quantitative estimate of drug-likeness (QED) is 0.794. The monoisotopic (exact) mass is 250 g/mol. The van der Waals surface area contributed by atoms with Crippen molar-refractivity contribution in [3.05, 3.63) is 34.2 Å². The number of carboxylic acid groups (broad SMARTS) is 1. The molecule has 1 fully saturated rings. The molecule has 1 aromatic rings. The first-order valence-corrected chi connectivity index (χ1v) is 5.79. The second-order valence-corrected chi connectivity index (χ2v) is 4.32. The van der Waals surface area contributed by atoms with Crippen LogP contribution in [0.4, 0.5) is 0 Å². The molecular formula is C12H14N2O4. The Morgan fingerprint density at radius 1 is 1.39 bits per heavy atom. The van der Waals surface area contributed by atoms with E-state index < -0.39 is 5.97 Å². The lowest BCUT2D eigenvalue weighted by Gasteiger charge is -2.21. The number of nitrogens with one attached hydrogen (secondary N) is 1. The summed E-state index contributed by atoms with van der Waals surface area (Å²) in [6, 6.07) is 2.89. The summed E-state index contributed by atoms with van der Waals surface area (Å²) >= 11 is 0. The van der Waals surface area contributed by atoms with Crippen LogP contribution in [0.15, 0.2) is 23.1 Å². The maximum absolute atomic E-state index is 12.2. The second-order valence-electron chi connectivity index (χ2n) is 4.32. The number of carbonyl (C=O) groups is 2. The first-order chi connectivity index (χ1) is 8.58. The fourth-order valence-corrected chi connectivity index (χ4v) is 1.76. The predicted octanol–water partition coefficient (Wildman–Crippen LogP) is 0.454. The van der Waals surface area contributed by atoms with Crippen LogP contribution in [-0.4, -0.2) is 39.5 Å². The molecule has 6 heteroatoms. The molecule has 1 aliphatic carbocycles. The first kappa shape index (κ1) is 12.3. The van der Waals surface area contributed by atoms with Crippen LogP contribution in [-0.2, 0) is 4.79 Å². The van der Waals surface area contributed by atoms with Gasteiger partial charge in [-0.1, -0.05) is 0 Å². The van der Waals surface area contributed by atoms with E-state index in [0.717, 1.165) is 12.8 Å². The molecule has 0 saturated heterocycles. The predicted molar refractivity (Wildman–Crippen MR) is 63.4 cm³/mol. The molecule has 0 atom stereocenters. The lowest BCUT2D eigenvalue weighted by Crippen LogP contribution is -2.35. The van der Waals surface area contributed by atoms with Crippen molar-refractivity contribution in [1.29, 1.82) is 0 Å². The van der Waals surface area contributed by atoms with Crippen LogP contribution in [0.1, 0.15) is 29.6 Å². The summed E-state index contributed by atoms with van der Waals surface area (Å²) < 4.78 is 0. The third kappa shape index (κ3) is 2.97. The number of nitrogens with zero attached hydrogens (tertiary/aromatic N) is 1. The van der Waals surface area contributed by atoms with Gasteiger partial charge in [0.15, 0.2) is 0 Å². The van der Waals surface area contributed by atoms with E-state index in [2.05, 4.69) is 4.98 Å². The van der Waals surface area contributed by atoms with E-state index in [1.54, 1.807) is 4.90 Å². The highest BCUT2D eigenvalue weighted by atomic mass is 16.4. The van der Waals surface area contributed by atoms with Gasteiger partial charge in [0.05, 0.1) is 12.0 Å². The van der Waals surface area contributed by atoms with Crippen LogP contribution in [0.25, 0.3) is 0 Å². The lowest BCUT2D eigenvalue weighted by atomic mass is 10.2. The van der Waals surface area contributed by atoms with Crippen molar-refractivity contribution in [3.8, 4) is 0 Å². The van der Waals surface area contributed by atoms with Gasteiger partial charge in [-0.2, -0.15) is 0 Å². The van der Waals surface area contributed by atoms with E-state index in [9.17, 15) is 14.4 Å². The van der Waals surface area contributed by atoms with Gasteiger partial charge in [-0.3, -0.25) is 14.4 Å². The van der Waals surface area contributed by atoms with Gasteiger partial charge in [0.2, 0.25) is 5.56 Å². The molecule has 18 heavy (non-hydrogen) atoms. The molecule has 0 unspecified atom stereocenters. The number of aromatic nitrogens is 1. The molecule has 1 aliphatic rings. The fourth-order valence-electron chi connectivity index (χ4n) is 1.76. The second kappa shape index (κ2) is 5.03. The van der Waals surface area contributed by atoms with Gasteiger partial charge in [-0.25, -0.2) is 0 Å². The van der Waals surface area contributed by atoms with E-state index >= 15 is 0 Å². The third-order valence-electron chi connectivity index (χ3n) is 2.85. The SMILES string of the molecule is O=C(O)CCN(C(=O)c1ccc(=O)[nH]c1)C1CC1. The Labute approximate surface area is 103 Å². The highest BCUT2D eigenvalue weighted by Gasteiger charge is 2.33. The maximum atomic E-state index is 12.2. The van der Waals surface area contributed by atoms with Crippen molar-refractivity contribution in [3.63, 3.8) is 0 Å². The van der Waals surface area contributed by atoms with Crippen LogP contribution in [0.3, 0.4) is 0 Å². The standard InChI is InChI=1S/C12H14N2O4/c15-10-4-1-8(7-13-10)12(18)14(9-2-3-9)6-5-11(16)17/h1,4,7,9H,2-3,5-6H2,(H,13,15)(H,16,17). The van der Waals surface area contributed by atoms with E-state index in [4.69, 9.17) is 5.11 Å². The van der Waals surface area contributed by atoms with Gasteiger partial charge >= 0.3 is 5.97 Å². The van der Waals surface area contributed by atoms with Crippen LogP contribution in [0, 0.1) is 0 Å². The zero-order chi connectivity index (χ0) is 13.1. The Morgan fingerprint density at radius 3 is 2.61 bits per heavy atom. The highest BCUT2D eigenvalue weighted by molar-refractivity contribution is 5.94. The molecule has 1 aromatic heterocycles. The molecule has 2 N–H and O–H groups in total. The average Bonchev–Trinajstić information content (AvgIpc) is 3.14. The number of H-pyrrole nitrogens is 1.